The molecule has 1 aromatic rings. The minimum atomic E-state index is -4.42. The van der Waals surface area contributed by atoms with Gasteiger partial charge in [0, 0.05) is 12.5 Å². The van der Waals surface area contributed by atoms with Crippen molar-refractivity contribution in [1.29, 1.82) is 0 Å². The third kappa shape index (κ3) is 4.46. The zero-order valence-electron chi connectivity index (χ0n) is 12.4. The molecule has 0 unspecified atom stereocenters. The Morgan fingerprint density at radius 1 is 1.17 bits per heavy atom. The SMILES string of the molecule is O=C(O)[C@@H]1CC[C@H](C(=O)NCCc2ccccc2C(F)(F)F)C1. The van der Waals surface area contributed by atoms with E-state index in [1.807, 2.05) is 0 Å². The van der Waals surface area contributed by atoms with Crippen molar-refractivity contribution in [3.8, 4) is 0 Å². The summed E-state index contributed by atoms with van der Waals surface area (Å²) in [4.78, 5) is 22.8. The van der Waals surface area contributed by atoms with Crippen LogP contribution in [-0.4, -0.2) is 23.5 Å². The smallest absolute Gasteiger partial charge is 0.416 e. The van der Waals surface area contributed by atoms with Crippen LogP contribution in [-0.2, 0) is 22.2 Å². The lowest BCUT2D eigenvalue weighted by Crippen LogP contribution is -2.31. The fraction of sp³-hybridized carbons (Fsp3) is 0.500. The molecule has 1 aliphatic rings. The second kappa shape index (κ2) is 7.02. The van der Waals surface area contributed by atoms with Gasteiger partial charge in [-0.05, 0) is 37.3 Å². The minimum absolute atomic E-state index is 0.0799. The van der Waals surface area contributed by atoms with Gasteiger partial charge in [-0.1, -0.05) is 18.2 Å². The van der Waals surface area contributed by atoms with Gasteiger partial charge in [-0.25, -0.2) is 0 Å². The third-order valence-corrected chi connectivity index (χ3v) is 4.17. The third-order valence-electron chi connectivity index (χ3n) is 4.17. The largest absolute Gasteiger partial charge is 0.481 e. The molecule has 0 radical (unpaired) electrons. The first-order chi connectivity index (χ1) is 10.8. The maximum atomic E-state index is 12.9. The second-order valence-corrected chi connectivity index (χ2v) is 5.74. The molecule has 23 heavy (non-hydrogen) atoms. The fourth-order valence-corrected chi connectivity index (χ4v) is 2.92. The first kappa shape index (κ1) is 17.3. The molecule has 0 spiro atoms. The number of carboxylic acids is 1. The summed E-state index contributed by atoms with van der Waals surface area (Å²) in [6.45, 7) is 0.0974. The summed E-state index contributed by atoms with van der Waals surface area (Å²) in [6.07, 6.45) is -3.08. The Bertz CT molecular complexity index is 586. The fourth-order valence-electron chi connectivity index (χ4n) is 2.92. The van der Waals surface area contributed by atoms with Crippen molar-refractivity contribution >= 4 is 11.9 Å². The number of hydrogen-bond donors (Lipinski definition) is 2. The molecule has 0 aromatic heterocycles. The number of benzene rings is 1. The Balaban J connectivity index is 1.86. The average Bonchev–Trinajstić information content (AvgIpc) is 2.96. The first-order valence-electron chi connectivity index (χ1n) is 7.44. The van der Waals surface area contributed by atoms with Crippen molar-refractivity contribution in [2.75, 3.05) is 6.54 Å². The lowest BCUT2D eigenvalue weighted by Gasteiger charge is -2.14. The number of aliphatic carboxylic acids is 1. The van der Waals surface area contributed by atoms with E-state index in [4.69, 9.17) is 5.11 Å². The Morgan fingerprint density at radius 2 is 1.83 bits per heavy atom. The van der Waals surface area contributed by atoms with Crippen LogP contribution in [0.3, 0.4) is 0 Å². The summed E-state index contributed by atoms with van der Waals surface area (Å²) >= 11 is 0. The van der Waals surface area contributed by atoms with E-state index >= 15 is 0 Å². The predicted molar refractivity (Wildman–Crippen MR) is 76.6 cm³/mol. The van der Waals surface area contributed by atoms with Gasteiger partial charge in [0.05, 0.1) is 11.5 Å². The molecule has 1 amide bonds. The number of carboxylic acid groups (broad SMARTS) is 1. The Labute approximate surface area is 131 Å². The van der Waals surface area contributed by atoms with Crippen molar-refractivity contribution in [1.82, 2.24) is 5.32 Å². The van der Waals surface area contributed by atoms with Crippen molar-refractivity contribution in [3.05, 3.63) is 35.4 Å². The van der Waals surface area contributed by atoms with E-state index in [9.17, 15) is 22.8 Å². The molecular formula is C16H18F3NO3. The van der Waals surface area contributed by atoms with Crippen LogP contribution in [0.25, 0.3) is 0 Å². The molecule has 2 N–H and O–H groups in total. The van der Waals surface area contributed by atoms with E-state index in [-0.39, 0.29) is 30.4 Å². The monoisotopic (exact) mass is 329 g/mol. The number of alkyl halides is 3. The Hall–Kier alpha value is -2.05. The summed E-state index contributed by atoms with van der Waals surface area (Å²) in [5.74, 6) is -2.05. The van der Waals surface area contributed by atoms with E-state index in [0.717, 1.165) is 6.07 Å². The molecule has 4 nitrogen and oxygen atoms in total. The van der Waals surface area contributed by atoms with Crippen LogP contribution in [0, 0.1) is 11.8 Å². The maximum Gasteiger partial charge on any atom is 0.416 e. The van der Waals surface area contributed by atoms with Crippen molar-refractivity contribution in [3.63, 3.8) is 0 Å². The Kier molecular flexibility index (Phi) is 5.28. The number of carbonyl (C=O) groups is 2. The molecule has 0 bridgehead atoms. The van der Waals surface area contributed by atoms with Gasteiger partial charge in [-0.3, -0.25) is 9.59 Å². The number of hydrogen-bond acceptors (Lipinski definition) is 2. The highest BCUT2D eigenvalue weighted by Gasteiger charge is 2.34. The van der Waals surface area contributed by atoms with Gasteiger partial charge in [0.1, 0.15) is 0 Å². The van der Waals surface area contributed by atoms with Crippen LogP contribution < -0.4 is 5.32 Å². The van der Waals surface area contributed by atoms with E-state index < -0.39 is 23.6 Å². The number of amides is 1. The lowest BCUT2D eigenvalue weighted by atomic mass is 10.0. The summed E-state index contributed by atoms with van der Waals surface area (Å²) in [5, 5.41) is 11.5. The minimum Gasteiger partial charge on any atom is -0.481 e. The molecule has 0 heterocycles. The van der Waals surface area contributed by atoms with E-state index in [1.54, 1.807) is 0 Å². The molecule has 1 aromatic carbocycles. The molecule has 1 aliphatic carbocycles. The van der Waals surface area contributed by atoms with Gasteiger partial charge < -0.3 is 10.4 Å². The molecular weight excluding hydrogens is 311 g/mol. The van der Waals surface area contributed by atoms with E-state index in [2.05, 4.69) is 5.32 Å². The van der Waals surface area contributed by atoms with Crippen molar-refractivity contribution < 1.29 is 27.9 Å². The summed E-state index contributed by atoms with van der Waals surface area (Å²) in [6, 6.07) is 5.27. The molecule has 0 saturated heterocycles. The standard InChI is InChI=1S/C16H18F3NO3/c17-16(18,19)13-4-2-1-3-10(13)7-8-20-14(21)11-5-6-12(9-11)15(22)23/h1-4,11-12H,5-9H2,(H,20,21)(H,22,23)/t11-,12+/m0/s1. The summed E-state index contributed by atoms with van der Waals surface area (Å²) in [5.41, 5.74) is -0.559. The predicted octanol–water partition coefficient (Wildman–Crippen LogP) is 2.87. The number of rotatable bonds is 5. The van der Waals surface area contributed by atoms with Gasteiger partial charge in [0.25, 0.3) is 0 Å². The molecule has 126 valence electrons. The van der Waals surface area contributed by atoms with Crippen molar-refractivity contribution in [2.24, 2.45) is 11.8 Å². The van der Waals surface area contributed by atoms with Gasteiger partial charge in [-0.2, -0.15) is 13.2 Å². The van der Waals surface area contributed by atoms with Crippen LogP contribution in [0.2, 0.25) is 0 Å². The zero-order chi connectivity index (χ0) is 17.0. The summed E-state index contributed by atoms with van der Waals surface area (Å²) in [7, 11) is 0. The number of halogens is 3. The van der Waals surface area contributed by atoms with Gasteiger partial charge in [0.2, 0.25) is 5.91 Å². The van der Waals surface area contributed by atoms with Crippen LogP contribution in [0.4, 0.5) is 13.2 Å². The van der Waals surface area contributed by atoms with Gasteiger partial charge >= 0.3 is 12.1 Å². The molecule has 0 aliphatic heterocycles. The first-order valence-corrected chi connectivity index (χ1v) is 7.44. The normalized spacial score (nSPS) is 21.2. The average molecular weight is 329 g/mol. The second-order valence-electron chi connectivity index (χ2n) is 5.74. The topological polar surface area (TPSA) is 66.4 Å². The van der Waals surface area contributed by atoms with Crippen LogP contribution in [0.15, 0.2) is 24.3 Å². The van der Waals surface area contributed by atoms with Gasteiger partial charge in [0.15, 0.2) is 0 Å². The van der Waals surface area contributed by atoms with E-state index in [1.165, 1.54) is 18.2 Å². The van der Waals surface area contributed by atoms with Crippen molar-refractivity contribution in [2.45, 2.75) is 31.9 Å². The van der Waals surface area contributed by atoms with E-state index in [0.29, 0.717) is 19.3 Å². The molecule has 7 heteroatoms. The quantitative estimate of drug-likeness (QED) is 0.873. The van der Waals surface area contributed by atoms with Crippen LogP contribution in [0.5, 0.6) is 0 Å². The highest BCUT2D eigenvalue weighted by atomic mass is 19.4. The van der Waals surface area contributed by atoms with Gasteiger partial charge in [-0.15, -0.1) is 0 Å². The molecule has 2 atom stereocenters. The molecule has 2 rings (SSSR count). The summed E-state index contributed by atoms with van der Waals surface area (Å²) < 4.78 is 38.6. The lowest BCUT2D eigenvalue weighted by molar-refractivity contribution is -0.141. The molecule has 1 fully saturated rings. The number of nitrogens with one attached hydrogen (secondary N) is 1. The highest BCUT2D eigenvalue weighted by molar-refractivity contribution is 5.80. The van der Waals surface area contributed by atoms with Crippen LogP contribution in [0.1, 0.15) is 30.4 Å². The highest BCUT2D eigenvalue weighted by Crippen LogP contribution is 2.32. The maximum absolute atomic E-state index is 12.9. The number of carbonyl (C=O) groups excluding carboxylic acids is 1. The molecule has 1 saturated carbocycles. The Morgan fingerprint density at radius 3 is 2.43 bits per heavy atom. The van der Waals surface area contributed by atoms with Crippen LogP contribution >= 0.6 is 0 Å². The zero-order valence-corrected chi connectivity index (χ0v) is 12.4.